The first-order valence-electron chi connectivity index (χ1n) is 9.37. The molecule has 160 valence electrons. The lowest BCUT2D eigenvalue weighted by Crippen LogP contribution is -2.45. The number of ether oxygens (including phenoxy) is 3. The van der Waals surface area contributed by atoms with Crippen LogP contribution in [0.5, 0.6) is 0 Å². The molecule has 0 fully saturated rings. The van der Waals surface area contributed by atoms with Crippen LogP contribution >= 0.6 is 0 Å². The Balaban J connectivity index is 2.91. The van der Waals surface area contributed by atoms with E-state index in [1.54, 1.807) is 0 Å². The number of carbonyl (C=O) groups is 4. The minimum absolute atomic E-state index is 0.0360. The van der Waals surface area contributed by atoms with E-state index in [2.05, 4.69) is 0 Å². The monoisotopic (exact) mass is 410 g/mol. The molecule has 0 aromatic heterocycles. The van der Waals surface area contributed by atoms with Crippen LogP contribution in [0.25, 0.3) is 0 Å². The summed E-state index contributed by atoms with van der Waals surface area (Å²) in [6.45, 7) is 3.85. The van der Waals surface area contributed by atoms with Crippen molar-refractivity contribution in [2.45, 2.75) is 51.7 Å². The molecule has 1 aromatic carbocycles. The van der Waals surface area contributed by atoms with Crippen molar-refractivity contribution in [1.29, 1.82) is 0 Å². The first-order valence-corrected chi connectivity index (χ1v) is 9.37. The molecule has 0 radical (unpaired) electrons. The number of carboxylic acid groups (broad SMARTS) is 1. The molecule has 9 heteroatoms. The Hall–Kier alpha value is -2.94. The highest BCUT2D eigenvalue weighted by Gasteiger charge is 2.38. The van der Waals surface area contributed by atoms with Gasteiger partial charge >= 0.3 is 23.9 Å². The lowest BCUT2D eigenvalue weighted by molar-refractivity contribution is -0.173. The molecule has 2 unspecified atom stereocenters. The van der Waals surface area contributed by atoms with Gasteiger partial charge in [-0.25, -0.2) is 19.2 Å². The summed E-state index contributed by atoms with van der Waals surface area (Å²) in [4.78, 5) is 47.5. The number of esters is 3. The summed E-state index contributed by atoms with van der Waals surface area (Å²) in [7, 11) is 0. The fourth-order valence-electron chi connectivity index (χ4n) is 2.10. The first kappa shape index (κ1) is 24.1. The highest BCUT2D eigenvalue weighted by Crippen LogP contribution is 2.12. The van der Waals surface area contributed by atoms with Crippen molar-refractivity contribution in [3.05, 3.63) is 35.4 Å². The SMILES string of the molecule is CCCCOC(=O)C(O)C(OC(=O)c1ccc(C(=O)O)cc1)C(=O)OCCCC. The molecule has 1 aromatic rings. The van der Waals surface area contributed by atoms with E-state index in [0.717, 1.165) is 12.8 Å². The fraction of sp³-hybridized carbons (Fsp3) is 0.500. The molecule has 1 rings (SSSR count). The number of benzene rings is 1. The van der Waals surface area contributed by atoms with Gasteiger partial charge in [-0.1, -0.05) is 26.7 Å². The molecule has 0 spiro atoms. The zero-order chi connectivity index (χ0) is 21.8. The van der Waals surface area contributed by atoms with Crippen LogP contribution in [-0.2, 0) is 23.8 Å². The van der Waals surface area contributed by atoms with Crippen LogP contribution < -0.4 is 0 Å². The van der Waals surface area contributed by atoms with E-state index in [4.69, 9.17) is 19.3 Å². The number of aliphatic hydroxyl groups is 1. The van der Waals surface area contributed by atoms with Crippen molar-refractivity contribution in [3.63, 3.8) is 0 Å². The van der Waals surface area contributed by atoms with E-state index >= 15 is 0 Å². The normalized spacial score (nSPS) is 12.5. The average molecular weight is 410 g/mol. The Bertz CT molecular complexity index is 696. The van der Waals surface area contributed by atoms with Crippen LogP contribution in [0.3, 0.4) is 0 Å². The third-order valence-corrected chi connectivity index (χ3v) is 3.85. The van der Waals surface area contributed by atoms with Crippen molar-refractivity contribution in [2.75, 3.05) is 13.2 Å². The summed E-state index contributed by atoms with van der Waals surface area (Å²) in [5, 5.41) is 19.1. The molecule has 29 heavy (non-hydrogen) atoms. The van der Waals surface area contributed by atoms with Crippen LogP contribution in [0.4, 0.5) is 0 Å². The number of unbranched alkanes of at least 4 members (excludes halogenated alkanes) is 2. The lowest BCUT2D eigenvalue weighted by Gasteiger charge is -2.21. The van der Waals surface area contributed by atoms with Gasteiger partial charge in [0, 0.05) is 0 Å². The third-order valence-electron chi connectivity index (χ3n) is 3.85. The number of carbonyl (C=O) groups excluding carboxylic acids is 3. The number of carboxylic acids is 1. The molecular weight excluding hydrogens is 384 g/mol. The van der Waals surface area contributed by atoms with Crippen molar-refractivity contribution in [2.24, 2.45) is 0 Å². The molecule has 0 aliphatic rings. The van der Waals surface area contributed by atoms with Crippen molar-refractivity contribution in [1.82, 2.24) is 0 Å². The van der Waals surface area contributed by atoms with Crippen LogP contribution in [0.1, 0.15) is 60.2 Å². The smallest absolute Gasteiger partial charge is 0.350 e. The summed E-state index contributed by atoms with van der Waals surface area (Å²) in [6.07, 6.45) is -1.33. The Kier molecular flexibility index (Phi) is 10.4. The quantitative estimate of drug-likeness (QED) is 0.301. The van der Waals surface area contributed by atoms with Crippen LogP contribution in [0, 0.1) is 0 Å². The first-order chi connectivity index (χ1) is 13.8. The van der Waals surface area contributed by atoms with Gasteiger partial charge in [0.05, 0.1) is 24.3 Å². The third kappa shape index (κ3) is 7.90. The maximum absolute atomic E-state index is 12.3. The second kappa shape index (κ2) is 12.5. The van der Waals surface area contributed by atoms with Gasteiger partial charge in [-0.2, -0.15) is 0 Å². The van der Waals surface area contributed by atoms with Crippen molar-refractivity contribution >= 4 is 23.9 Å². The maximum Gasteiger partial charge on any atom is 0.350 e. The molecule has 2 atom stereocenters. The average Bonchev–Trinajstić information content (AvgIpc) is 2.71. The van der Waals surface area contributed by atoms with Gasteiger partial charge in [0.15, 0.2) is 6.10 Å². The Labute approximate surface area is 168 Å². The predicted molar refractivity (Wildman–Crippen MR) is 100 cm³/mol. The molecule has 0 saturated carbocycles. The minimum Gasteiger partial charge on any atom is -0.478 e. The van der Waals surface area contributed by atoms with Crippen LogP contribution in [0.2, 0.25) is 0 Å². The van der Waals surface area contributed by atoms with E-state index in [1.165, 1.54) is 24.3 Å². The number of aromatic carboxylic acids is 1. The number of hydrogen-bond acceptors (Lipinski definition) is 8. The second-order valence-corrected chi connectivity index (χ2v) is 6.20. The van der Waals surface area contributed by atoms with Crippen molar-refractivity contribution in [3.8, 4) is 0 Å². The molecule has 0 heterocycles. The van der Waals surface area contributed by atoms with Gasteiger partial charge in [-0.15, -0.1) is 0 Å². The number of hydrogen-bond donors (Lipinski definition) is 2. The van der Waals surface area contributed by atoms with E-state index in [-0.39, 0.29) is 24.3 Å². The standard InChI is InChI=1S/C20H26O9/c1-3-5-11-27-19(25)15(21)16(20(26)28-12-6-4-2)29-18(24)14-9-7-13(8-10-14)17(22)23/h7-10,15-16,21H,3-6,11-12H2,1-2H3,(H,22,23). The van der Waals surface area contributed by atoms with E-state index in [1.807, 2.05) is 13.8 Å². The van der Waals surface area contributed by atoms with Gasteiger partial charge < -0.3 is 24.4 Å². The maximum atomic E-state index is 12.3. The molecule has 9 nitrogen and oxygen atoms in total. The van der Waals surface area contributed by atoms with Gasteiger partial charge in [0.1, 0.15) is 0 Å². The van der Waals surface area contributed by atoms with E-state index in [9.17, 15) is 24.3 Å². The number of aliphatic hydroxyl groups excluding tert-OH is 1. The zero-order valence-electron chi connectivity index (χ0n) is 16.5. The minimum atomic E-state index is -2.05. The summed E-state index contributed by atoms with van der Waals surface area (Å²) in [5.74, 6) is -4.38. The highest BCUT2D eigenvalue weighted by atomic mass is 16.6. The molecule has 0 bridgehead atoms. The lowest BCUT2D eigenvalue weighted by atomic mass is 10.1. The molecule has 0 aliphatic carbocycles. The Morgan fingerprint density at radius 2 is 1.34 bits per heavy atom. The van der Waals surface area contributed by atoms with Gasteiger partial charge in [0.2, 0.25) is 6.10 Å². The van der Waals surface area contributed by atoms with Gasteiger partial charge in [0.25, 0.3) is 0 Å². The van der Waals surface area contributed by atoms with E-state index < -0.39 is 36.1 Å². The summed E-state index contributed by atoms with van der Waals surface area (Å²) in [5.41, 5.74) is -0.107. The Morgan fingerprint density at radius 1 is 0.862 bits per heavy atom. The summed E-state index contributed by atoms with van der Waals surface area (Å²) >= 11 is 0. The molecular formula is C20H26O9. The second-order valence-electron chi connectivity index (χ2n) is 6.20. The van der Waals surface area contributed by atoms with Crippen molar-refractivity contribution < 1.29 is 43.6 Å². The van der Waals surface area contributed by atoms with Gasteiger partial charge in [-0.05, 0) is 37.1 Å². The predicted octanol–water partition coefficient (Wildman–Crippen LogP) is 1.96. The summed E-state index contributed by atoms with van der Waals surface area (Å²) in [6, 6.07) is 4.75. The largest absolute Gasteiger partial charge is 0.478 e. The topological polar surface area (TPSA) is 136 Å². The Morgan fingerprint density at radius 3 is 1.83 bits per heavy atom. The fourth-order valence-corrected chi connectivity index (χ4v) is 2.10. The number of rotatable bonds is 12. The molecule has 2 N–H and O–H groups in total. The molecule has 0 saturated heterocycles. The van der Waals surface area contributed by atoms with Crippen LogP contribution in [-0.4, -0.2) is 59.5 Å². The molecule has 0 aliphatic heterocycles. The van der Waals surface area contributed by atoms with E-state index in [0.29, 0.717) is 12.8 Å². The summed E-state index contributed by atoms with van der Waals surface area (Å²) < 4.78 is 14.9. The zero-order valence-corrected chi connectivity index (χ0v) is 16.5. The van der Waals surface area contributed by atoms with Gasteiger partial charge in [-0.3, -0.25) is 0 Å². The highest BCUT2D eigenvalue weighted by molar-refractivity contribution is 5.95. The molecule has 0 amide bonds. The van der Waals surface area contributed by atoms with Crippen LogP contribution in [0.15, 0.2) is 24.3 Å².